The van der Waals surface area contributed by atoms with Crippen LogP contribution >= 0.6 is 0 Å². The first-order valence-electron chi connectivity index (χ1n) is 7.59. The van der Waals surface area contributed by atoms with E-state index >= 15 is 0 Å². The minimum absolute atomic E-state index is 0.833. The van der Waals surface area contributed by atoms with Crippen LogP contribution in [0.4, 0.5) is 0 Å². The highest BCUT2D eigenvalue weighted by molar-refractivity contribution is 4.81. The Hall–Kier alpha value is 0. The lowest BCUT2D eigenvalue weighted by Gasteiger charge is -2.19. The second-order valence-corrected chi connectivity index (χ2v) is 5.36. The van der Waals surface area contributed by atoms with Crippen molar-refractivity contribution in [1.82, 2.24) is 0 Å². The van der Waals surface area contributed by atoms with Gasteiger partial charge in [0.1, 0.15) is 0 Å². The molecule has 0 aromatic carbocycles. The second-order valence-electron chi connectivity index (χ2n) is 5.36. The van der Waals surface area contributed by atoms with E-state index in [9.17, 15) is 0 Å². The van der Waals surface area contributed by atoms with Crippen LogP contribution in [-0.2, 0) is 0 Å². The molecule has 1 atom stereocenters. The molecule has 0 heteroatoms. The van der Waals surface area contributed by atoms with Crippen molar-refractivity contribution in [1.29, 1.82) is 0 Å². The molecule has 0 amide bonds. The number of unbranched alkanes of at least 4 members (excludes halogenated alkanes) is 3. The Labute approximate surface area is 104 Å². The lowest BCUT2D eigenvalue weighted by molar-refractivity contribution is 0.422. The van der Waals surface area contributed by atoms with E-state index in [0.717, 1.165) is 11.8 Å². The summed E-state index contributed by atoms with van der Waals surface area (Å²) >= 11 is 0. The van der Waals surface area contributed by atoms with Gasteiger partial charge >= 0.3 is 0 Å². The van der Waals surface area contributed by atoms with Gasteiger partial charge in [0, 0.05) is 0 Å². The highest BCUT2D eigenvalue weighted by Crippen LogP contribution is 2.24. The summed E-state index contributed by atoms with van der Waals surface area (Å²) in [6.07, 6.45) is 15.1. The van der Waals surface area contributed by atoms with E-state index < -0.39 is 0 Å². The van der Waals surface area contributed by atoms with E-state index in [1.54, 1.807) is 0 Å². The van der Waals surface area contributed by atoms with E-state index in [1.165, 1.54) is 57.8 Å². The van der Waals surface area contributed by atoms with Gasteiger partial charge in [-0.2, -0.15) is 0 Å². The van der Waals surface area contributed by atoms with Crippen molar-refractivity contribution in [2.75, 3.05) is 0 Å². The Morgan fingerprint density at radius 2 is 1.38 bits per heavy atom. The SMILES string of the molecule is CCCCCCC(C)[CH]C(CCC)CCC. The average Bonchev–Trinajstić information content (AvgIpc) is 2.25. The van der Waals surface area contributed by atoms with Gasteiger partial charge in [0.05, 0.1) is 0 Å². The van der Waals surface area contributed by atoms with Crippen LogP contribution in [-0.4, -0.2) is 0 Å². The first-order valence-corrected chi connectivity index (χ1v) is 7.59. The highest BCUT2D eigenvalue weighted by Gasteiger charge is 2.11. The smallest absolute Gasteiger partial charge is 0.0326 e. The van der Waals surface area contributed by atoms with Crippen LogP contribution < -0.4 is 0 Å². The molecule has 0 aromatic heterocycles. The summed E-state index contributed by atoms with van der Waals surface area (Å²) in [4.78, 5) is 0. The molecule has 0 nitrogen and oxygen atoms in total. The van der Waals surface area contributed by atoms with Crippen LogP contribution in [0.2, 0.25) is 0 Å². The Balaban J connectivity index is 3.59. The summed E-state index contributed by atoms with van der Waals surface area (Å²) in [6, 6.07) is 0. The van der Waals surface area contributed by atoms with Gasteiger partial charge < -0.3 is 0 Å². The minimum atomic E-state index is 0.833. The summed E-state index contributed by atoms with van der Waals surface area (Å²) in [5.74, 6) is 1.72. The fraction of sp³-hybridized carbons (Fsp3) is 0.938. The third kappa shape index (κ3) is 9.24. The third-order valence-corrected chi connectivity index (χ3v) is 3.43. The highest BCUT2D eigenvalue weighted by atomic mass is 14.2. The second kappa shape index (κ2) is 11.5. The predicted octanol–water partition coefficient (Wildman–Crippen LogP) is 6.01. The number of hydrogen-bond donors (Lipinski definition) is 0. The summed E-state index contributed by atoms with van der Waals surface area (Å²) in [5, 5.41) is 0. The molecule has 0 rings (SSSR count). The molecule has 0 spiro atoms. The van der Waals surface area contributed by atoms with Crippen molar-refractivity contribution in [2.45, 2.75) is 85.5 Å². The fourth-order valence-electron chi connectivity index (χ4n) is 2.53. The van der Waals surface area contributed by atoms with Crippen molar-refractivity contribution in [3.8, 4) is 0 Å². The van der Waals surface area contributed by atoms with E-state index in [0.29, 0.717) is 0 Å². The maximum absolute atomic E-state index is 2.64. The summed E-state index contributed by atoms with van der Waals surface area (Å²) < 4.78 is 0. The van der Waals surface area contributed by atoms with E-state index in [1.807, 2.05) is 0 Å². The zero-order chi connectivity index (χ0) is 12.2. The fourth-order valence-corrected chi connectivity index (χ4v) is 2.53. The molecule has 97 valence electrons. The maximum Gasteiger partial charge on any atom is -0.0326 e. The van der Waals surface area contributed by atoms with Crippen molar-refractivity contribution in [3.05, 3.63) is 6.42 Å². The van der Waals surface area contributed by atoms with Crippen LogP contribution in [0.15, 0.2) is 0 Å². The molecule has 0 N–H and O–H groups in total. The predicted molar refractivity (Wildman–Crippen MR) is 75.5 cm³/mol. The lowest BCUT2D eigenvalue weighted by Crippen LogP contribution is -2.07. The van der Waals surface area contributed by atoms with Gasteiger partial charge in [-0.1, -0.05) is 85.5 Å². The molecule has 0 saturated heterocycles. The van der Waals surface area contributed by atoms with Crippen LogP contribution in [0.1, 0.15) is 85.5 Å². The molecule has 0 fully saturated rings. The molecule has 16 heavy (non-hydrogen) atoms. The van der Waals surface area contributed by atoms with Crippen LogP contribution in [0.3, 0.4) is 0 Å². The normalized spacial score (nSPS) is 13.3. The molecule has 0 aliphatic heterocycles. The number of hydrogen-bond acceptors (Lipinski definition) is 0. The zero-order valence-electron chi connectivity index (χ0n) is 12.1. The van der Waals surface area contributed by atoms with E-state index in [4.69, 9.17) is 0 Å². The third-order valence-electron chi connectivity index (χ3n) is 3.43. The molecule has 1 radical (unpaired) electrons. The van der Waals surface area contributed by atoms with E-state index in [-0.39, 0.29) is 0 Å². The van der Waals surface area contributed by atoms with Gasteiger partial charge in [-0.05, 0) is 18.3 Å². The molecule has 0 aromatic rings. The van der Waals surface area contributed by atoms with Crippen LogP contribution in [0.5, 0.6) is 0 Å². The molecule has 0 aliphatic rings. The first kappa shape index (κ1) is 16.0. The van der Waals surface area contributed by atoms with E-state index in [2.05, 4.69) is 34.1 Å². The monoisotopic (exact) mass is 225 g/mol. The summed E-state index contributed by atoms with van der Waals surface area (Å²) in [5.41, 5.74) is 0. The molecule has 1 unspecified atom stereocenters. The molecular weight excluding hydrogens is 192 g/mol. The summed E-state index contributed by atoms with van der Waals surface area (Å²) in [7, 11) is 0. The molecule has 0 saturated carbocycles. The molecule has 0 aliphatic carbocycles. The molecule has 0 bridgehead atoms. The van der Waals surface area contributed by atoms with Crippen molar-refractivity contribution < 1.29 is 0 Å². The average molecular weight is 225 g/mol. The zero-order valence-corrected chi connectivity index (χ0v) is 12.1. The Bertz CT molecular complexity index is 122. The van der Waals surface area contributed by atoms with Gasteiger partial charge in [-0.3, -0.25) is 0 Å². The largest absolute Gasteiger partial charge is 0.0654 e. The first-order chi connectivity index (χ1) is 7.74. The van der Waals surface area contributed by atoms with Crippen molar-refractivity contribution in [3.63, 3.8) is 0 Å². The van der Waals surface area contributed by atoms with Crippen LogP contribution in [0.25, 0.3) is 0 Å². The maximum atomic E-state index is 2.64. The lowest BCUT2D eigenvalue weighted by atomic mass is 9.86. The van der Waals surface area contributed by atoms with Gasteiger partial charge in [0.2, 0.25) is 0 Å². The van der Waals surface area contributed by atoms with Gasteiger partial charge in [-0.25, -0.2) is 0 Å². The molecular formula is C16H33. The summed E-state index contributed by atoms with van der Waals surface area (Å²) in [6.45, 7) is 9.31. The Morgan fingerprint density at radius 1 is 0.750 bits per heavy atom. The number of rotatable bonds is 11. The van der Waals surface area contributed by atoms with Gasteiger partial charge in [0.25, 0.3) is 0 Å². The minimum Gasteiger partial charge on any atom is -0.0654 e. The topological polar surface area (TPSA) is 0 Å². The van der Waals surface area contributed by atoms with Gasteiger partial charge in [-0.15, -0.1) is 0 Å². The standard InChI is InChI=1S/C16H33/c1-5-8-9-10-13-15(4)14-16(11-6-2)12-7-3/h14-16H,5-13H2,1-4H3. The van der Waals surface area contributed by atoms with Crippen molar-refractivity contribution in [2.24, 2.45) is 11.8 Å². The Morgan fingerprint density at radius 3 is 1.88 bits per heavy atom. The van der Waals surface area contributed by atoms with Crippen molar-refractivity contribution >= 4 is 0 Å². The quantitative estimate of drug-likeness (QED) is 0.377. The Kier molecular flexibility index (Phi) is 11.5. The molecule has 0 heterocycles. The van der Waals surface area contributed by atoms with Gasteiger partial charge in [0.15, 0.2) is 0 Å². The van der Waals surface area contributed by atoms with Crippen LogP contribution in [0, 0.1) is 18.3 Å².